The van der Waals surface area contributed by atoms with Crippen LogP contribution in [0.2, 0.25) is 0 Å². The normalized spacial score (nSPS) is 11.6. The maximum atomic E-state index is 11.8. The molecule has 0 aliphatic heterocycles. The van der Waals surface area contributed by atoms with Crippen molar-refractivity contribution < 1.29 is 14.3 Å². The van der Waals surface area contributed by atoms with Gasteiger partial charge >= 0.3 is 5.97 Å². The van der Waals surface area contributed by atoms with Gasteiger partial charge in [-0.2, -0.15) is 11.8 Å². The van der Waals surface area contributed by atoms with E-state index in [0.717, 1.165) is 5.75 Å². The van der Waals surface area contributed by atoms with Crippen molar-refractivity contribution >= 4 is 24.1 Å². The quantitative estimate of drug-likeness (QED) is 0.454. The zero-order chi connectivity index (χ0) is 12.5. The average molecular weight is 253 g/mol. The summed E-state index contributed by atoms with van der Waals surface area (Å²) in [6.07, 6.45) is 3.03. The molecule has 92 valence electrons. The minimum Gasteiger partial charge on any atom is -0.425 e. The largest absolute Gasteiger partial charge is 0.425 e. The number of ether oxygens (including phenoxy) is 1. The maximum Gasteiger partial charge on any atom is 0.334 e. The molecule has 0 radical (unpaired) electrons. The Morgan fingerprint density at radius 2 is 2.18 bits per heavy atom. The molecule has 0 fully saturated rings. The van der Waals surface area contributed by atoms with E-state index in [2.05, 4.69) is 5.32 Å². The van der Waals surface area contributed by atoms with Crippen LogP contribution in [0.5, 0.6) is 5.75 Å². The van der Waals surface area contributed by atoms with Crippen LogP contribution in [0.25, 0.3) is 0 Å². The highest BCUT2D eigenvalue weighted by Gasteiger charge is 2.19. The SMILES string of the molecule is CSCC[C@H](NC=O)C(=O)Oc1ccccc1. The molecule has 1 aromatic carbocycles. The fourth-order valence-electron chi connectivity index (χ4n) is 1.26. The molecular weight excluding hydrogens is 238 g/mol. The topological polar surface area (TPSA) is 55.4 Å². The van der Waals surface area contributed by atoms with Gasteiger partial charge in [-0.3, -0.25) is 4.79 Å². The first kappa shape index (κ1) is 13.6. The number of benzene rings is 1. The molecule has 0 aliphatic carbocycles. The van der Waals surface area contributed by atoms with Gasteiger partial charge in [-0.05, 0) is 30.6 Å². The number of hydrogen-bond donors (Lipinski definition) is 1. The van der Waals surface area contributed by atoms with Crippen molar-refractivity contribution in [1.82, 2.24) is 5.32 Å². The fourth-order valence-corrected chi connectivity index (χ4v) is 1.73. The van der Waals surface area contributed by atoms with Crippen LogP contribution in [0.1, 0.15) is 6.42 Å². The monoisotopic (exact) mass is 253 g/mol. The summed E-state index contributed by atoms with van der Waals surface area (Å²) in [7, 11) is 0. The lowest BCUT2D eigenvalue weighted by atomic mass is 10.2. The summed E-state index contributed by atoms with van der Waals surface area (Å²) < 4.78 is 5.16. The number of carbonyl (C=O) groups excluding carboxylic acids is 2. The molecule has 17 heavy (non-hydrogen) atoms. The van der Waals surface area contributed by atoms with E-state index in [1.54, 1.807) is 36.0 Å². The van der Waals surface area contributed by atoms with Crippen LogP contribution in [0.15, 0.2) is 30.3 Å². The second-order valence-electron chi connectivity index (χ2n) is 3.35. The van der Waals surface area contributed by atoms with E-state index in [9.17, 15) is 9.59 Å². The lowest BCUT2D eigenvalue weighted by Gasteiger charge is -2.14. The predicted octanol–water partition coefficient (Wildman–Crippen LogP) is 1.46. The fraction of sp³-hybridized carbons (Fsp3) is 0.333. The van der Waals surface area contributed by atoms with E-state index in [0.29, 0.717) is 18.6 Å². The third-order valence-corrected chi connectivity index (χ3v) is 2.77. The Bertz CT molecular complexity index is 356. The predicted molar refractivity (Wildman–Crippen MR) is 68.1 cm³/mol. The number of nitrogens with one attached hydrogen (secondary N) is 1. The standard InChI is InChI=1S/C12H15NO3S/c1-17-8-7-11(13-9-14)12(15)16-10-5-3-2-4-6-10/h2-6,9,11H,7-8H2,1H3,(H,13,14)/t11-/m0/s1. The highest BCUT2D eigenvalue weighted by molar-refractivity contribution is 7.98. The van der Waals surface area contributed by atoms with Crippen molar-refractivity contribution in [3.8, 4) is 5.75 Å². The molecule has 1 atom stereocenters. The molecule has 0 aliphatic rings. The van der Waals surface area contributed by atoms with Gasteiger partial charge in [0, 0.05) is 0 Å². The van der Waals surface area contributed by atoms with Crippen molar-refractivity contribution in [3.63, 3.8) is 0 Å². The van der Waals surface area contributed by atoms with Gasteiger partial charge in [-0.15, -0.1) is 0 Å². The van der Waals surface area contributed by atoms with Gasteiger partial charge in [0.15, 0.2) is 0 Å². The highest BCUT2D eigenvalue weighted by atomic mass is 32.2. The summed E-state index contributed by atoms with van der Waals surface area (Å²) in [5.74, 6) is 0.840. The van der Waals surface area contributed by atoms with Gasteiger partial charge in [0.25, 0.3) is 0 Å². The number of esters is 1. The molecule has 1 rings (SSSR count). The van der Waals surface area contributed by atoms with Crippen LogP contribution in [0.3, 0.4) is 0 Å². The van der Waals surface area contributed by atoms with E-state index in [1.807, 2.05) is 12.3 Å². The molecule has 0 aromatic heterocycles. The summed E-state index contributed by atoms with van der Waals surface area (Å²) in [5, 5.41) is 2.47. The van der Waals surface area contributed by atoms with Crippen molar-refractivity contribution in [3.05, 3.63) is 30.3 Å². The Morgan fingerprint density at radius 3 is 2.76 bits per heavy atom. The Hall–Kier alpha value is -1.49. The first-order valence-electron chi connectivity index (χ1n) is 5.23. The Morgan fingerprint density at radius 1 is 1.47 bits per heavy atom. The number of rotatable bonds is 7. The Labute approximate surface area is 105 Å². The van der Waals surface area contributed by atoms with Gasteiger partial charge in [0.05, 0.1) is 0 Å². The minimum absolute atomic E-state index is 0.433. The van der Waals surface area contributed by atoms with Gasteiger partial charge in [-0.25, -0.2) is 4.79 Å². The van der Waals surface area contributed by atoms with Crippen LogP contribution < -0.4 is 10.1 Å². The molecule has 1 aromatic rings. The molecule has 0 saturated carbocycles. The minimum atomic E-state index is -0.583. The smallest absolute Gasteiger partial charge is 0.334 e. The molecule has 4 nitrogen and oxygen atoms in total. The van der Waals surface area contributed by atoms with E-state index in [4.69, 9.17) is 4.74 Å². The lowest BCUT2D eigenvalue weighted by Crippen LogP contribution is -2.39. The summed E-state index contributed by atoms with van der Waals surface area (Å²) in [5.41, 5.74) is 0. The van der Waals surface area contributed by atoms with Gasteiger partial charge in [-0.1, -0.05) is 18.2 Å². The highest BCUT2D eigenvalue weighted by Crippen LogP contribution is 2.10. The van der Waals surface area contributed by atoms with Gasteiger partial charge in [0.2, 0.25) is 6.41 Å². The summed E-state index contributed by atoms with van der Waals surface area (Å²) in [6.45, 7) is 0. The molecule has 0 unspecified atom stereocenters. The first-order chi connectivity index (χ1) is 8.27. The summed E-state index contributed by atoms with van der Waals surface area (Å²) in [4.78, 5) is 22.2. The number of para-hydroxylation sites is 1. The summed E-state index contributed by atoms with van der Waals surface area (Å²) >= 11 is 1.62. The van der Waals surface area contributed by atoms with Crippen LogP contribution >= 0.6 is 11.8 Å². The maximum absolute atomic E-state index is 11.8. The van der Waals surface area contributed by atoms with Crippen molar-refractivity contribution in [2.45, 2.75) is 12.5 Å². The molecule has 0 saturated heterocycles. The number of hydrogen-bond acceptors (Lipinski definition) is 4. The van der Waals surface area contributed by atoms with Gasteiger partial charge < -0.3 is 10.1 Å². The number of thioether (sulfide) groups is 1. The average Bonchev–Trinajstić information content (AvgIpc) is 2.35. The van der Waals surface area contributed by atoms with E-state index in [1.165, 1.54) is 0 Å². The molecule has 0 heterocycles. The van der Waals surface area contributed by atoms with Crippen LogP contribution in [0.4, 0.5) is 0 Å². The molecule has 1 amide bonds. The molecule has 0 spiro atoms. The van der Waals surface area contributed by atoms with Crippen LogP contribution in [0, 0.1) is 0 Å². The van der Waals surface area contributed by atoms with Gasteiger partial charge in [0.1, 0.15) is 11.8 Å². The van der Waals surface area contributed by atoms with Crippen LogP contribution in [-0.4, -0.2) is 30.4 Å². The number of carbonyl (C=O) groups is 2. The van der Waals surface area contributed by atoms with Crippen molar-refractivity contribution in [2.75, 3.05) is 12.0 Å². The number of amides is 1. The van der Waals surface area contributed by atoms with Crippen molar-refractivity contribution in [1.29, 1.82) is 0 Å². The molecule has 1 N–H and O–H groups in total. The first-order valence-corrected chi connectivity index (χ1v) is 6.62. The second kappa shape index (κ2) is 7.73. The molecule has 0 bridgehead atoms. The molecular formula is C12H15NO3S. The second-order valence-corrected chi connectivity index (χ2v) is 4.34. The zero-order valence-corrected chi connectivity index (χ0v) is 10.4. The van der Waals surface area contributed by atoms with E-state index in [-0.39, 0.29) is 0 Å². The lowest BCUT2D eigenvalue weighted by molar-refractivity contribution is -0.138. The van der Waals surface area contributed by atoms with E-state index < -0.39 is 12.0 Å². The Balaban J connectivity index is 2.55. The van der Waals surface area contributed by atoms with Crippen molar-refractivity contribution in [2.24, 2.45) is 0 Å². The third-order valence-electron chi connectivity index (χ3n) is 2.13. The van der Waals surface area contributed by atoms with Crippen LogP contribution in [-0.2, 0) is 9.59 Å². The molecule has 5 heteroatoms. The zero-order valence-electron chi connectivity index (χ0n) is 9.59. The third kappa shape index (κ3) is 4.91. The Kier molecular flexibility index (Phi) is 6.17. The van der Waals surface area contributed by atoms with E-state index >= 15 is 0 Å². The summed E-state index contributed by atoms with van der Waals surface area (Å²) in [6, 6.07) is 8.22.